The van der Waals surface area contributed by atoms with E-state index in [0.29, 0.717) is 4.90 Å². The molecule has 1 unspecified atom stereocenters. The molecule has 1 aliphatic rings. The molecule has 0 fully saturated rings. The van der Waals surface area contributed by atoms with Gasteiger partial charge in [-0.25, -0.2) is 14.4 Å². The lowest BCUT2D eigenvalue weighted by Crippen LogP contribution is -2.72. The van der Waals surface area contributed by atoms with Crippen LogP contribution in [0.1, 0.15) is 41.5 Å². The summed E-state index contributed by atoms with van der Waals surface area (Å²) < 4.78 is 10.4. The molecule has 0 radical (unpaired) electrons. The van der Waals surface area contributed by atoms with Crippen molar-refractivity contribution in [1.29, 1.82) is 0 Å². The Morgan fingerprint density at radius 1 is 1.09 bits per heavy atom. The van der Waals surface area contributed by atoms with Crippen molar-refractivity contribution in [3.8, 4) is 0 Å². The number of carbonyl (C=O) groups is 3. The third-order valence-corrected chi connectivity index (χ3v) is 2.39. The lowest BCUT2D eigenvalue weighted by molar-refractivity contribution is -0.0195. The Labute approximate surface area is 135 Å². The molecule has 9 heteroatoms. The van der Waals surface area contributed by atoms with E-state index in [9.17, 15) is 14.4 Å². The molecule has 4 amide bonds. The Bertz CT molecular complexity index is 504. The number of hydrogen-bond donors (Lipinski definition) is 3. The molecule has 0 saturated carbocycles. The van der Waals surface area contributed by atoms with Crippen molar-refractivity contribution >= 4 is 18.2 Å². The molecule has 0 aliphatic carbocycles. The monoisotopic (exact) mass is 328 g/mol. The maximum absolute atomic E-state index is 12.4. The number of nitrogens with one attached hydrogen (secondary N) is 2. The van der Waals surface area contributed by atoms with Crippen LogP contribution in [-0.2, 0) is 9.47 Å². The second-order valence-corrected chi connectivity index (χ2v) is 7.05. The summed E-state index contributed by atoms with van der Waals surface area (Å²) in [4.78, 5) is 36.9. The minimum absolute atomic E-state index is 0.527. The third-order valence-electron chi connectivity index (χ3n) is 2.39. The summed E-state index contributed by atoms with van der Waals surface area (Å²) in [6, 6.07) is -0.674. The molecular formula is C14H24N4O5. The summed E-state index contributed by atoms with van der Waals surface area (Å²) in [6.07, 6.45) is 0.380. The van der Waals surface area contributed by atoms with Crippen LogP contribution < -0.4 is 16.4 Å². The molecule has 23 heavy (non-hydrogen) atoms. The lowest BCUT2D eigenvalue weighted by Gasteiger charge is -2.39. The lowest BCUT2D eigenvalue weighted by atomic mass is 10.2. The molecule has 1 atom stereocenters. The summed E-state index contributed by atoms with van der Waals surface area (Å²) in [5.74, 6) is -1.91. The number of ether oxygens (including phenoxy) is 2. The van der Waals surface area contributed by atoms with Gasteiger partial charge < -0.3 is 14.8 Å². The summed E-state index contributed by atoms with van der Waals surface area (Å²) in [5, 5.41) is 4.62. The van der Waals surface area contributed by atoms with Gasteiger partial charge in [0.25, 0.3) is 0 Å². The molecule has 1 rings (SSSR count). The molecule has 130 valence electrons. The number of nitrogens with two attached hydrogens (primary N) is 1. The SMILES string of the molecule is CC(C)(C)OC(=O)N(C(=O)OC(C)(C)C)C1(N)C=CNC(=O)N1. The van der Waals surface area contributed by atoms with Gasteiger partial charge >= 0.3 is 18.2 Å². The van der Waals surface area contributed by atoms with Gasteiger partial charge in [-0.05, 0) is 47.6 Å². The molecule has 0 saturated heterocycles. The Balaban J connectivity index is 3.18. The maximum atomic E-state index is 12.4. The van der Waals surface area contributed by atoms with E-state index < -0.39 is 35.2 Å². The van der Waals surface area contributed by atoms with E-state index in [0.717, 1.165) is 0 Å². The Morgan fingerprint density at radius 2 is 1.52 bits per heavy atom. The van der Waals surface area contributed by atoms with Crippen molar-refractivity contribution in [3.05, 3.63) is 12.3 Å². The summed E-state index contributed by atoms with van der Waals surface area (Å²) in [5.41, 5.74) is 4.27. The normalized spacial score (nSPS) is 21.1. The first-order valence-corrected chi connectivity index (χ1v) is 7.05. The molecule has 0 aromatic rings. The third kappa shape index (κ3) is 5.44. The highest BCUT2D eigenvalue weighted by molar-refractivity contribution is 5.91. The fraction of sp³-hybridized carbons (Fsp3) is 0.643. The van der Waals surface area contributed by atoms with Gasteiger partial charge in [0.1, 0.15) is 11.2 Å². The van der Waals surface area contributed by atoms with E-state index in [1.54, 1.807) is 41.5 Å². The fourth-order valence-corrected chi connectivity index (χ4v) is 1.63. The van der Waals surface area contributed by atoms with E-state index in [2.05, 4.69) is 10.6 Å². The molecule has 0 aromatic carbocycles. The van der Waals surface area contributed by atoms with Crippen LogP contribution in [0.15, 0.2) is 12.3 Å². The van der Waals surface area contributed by atoms with E-state index >= 15 is 0 Å². The molecular weight excluding hydrogens is 304 g/mol. The first-order valence-electron chi connectivity index (χ1n) is 7.05. The number of hydrogen-bond acceptors (Lipinski definition) is 6. The van der Waals surface area contributed by atoms with Gasteiger partial charge in [-0.3, -0.25) is 11.1 Å². The quantitative estimate of drug-likeness (QED) is 0.628. The zero-order valence-electron chi connectivity index (χ0n) is 14.2. The molecule has 4 N–H and O–H groups in total. The van der Waals surface area contributed by atoms with Crippen LogP contribution in [0.2, 0.25) is 0 Å². The van der Waals surface area contributed by atoms with Gasteiger partial charge in [-0.1, -0.05) is 0 Å². The van der Waals surface area contributed by atoms with E-state index in [1.807, 2.05) is 0 Å². The van der Waals surface area contributed by atoms with E-state index in [1.165, 1.54) is 12.3 Å². The van der Waals surface area contributed by atoms with Gasteiger partial charge in [0.05, 0.1) is 0 Å². The predicted octanol–water partition coefficient (Wildman–Crippen LogP) is 1.60. The van der Waals surface area contributed by atoms with E-state index in [-0.39, 0.29) is 0 Å². The zero-order valence-corrected chi connectivity index (χ0v) is 14.2. The van der Waals surface area contributed by atoms with Crippen LogP contribution in [-0.4, -0.2) is 40.1 Å². The summed E-state index contributed by atoms with van der Waals surface area (Å²) >= 11 is 0. The topological polar surface area (TPSA) is 123 Å². The number of carbonyl (C=O) groups excluding carboxylic acids is 3. The highest BCUT2D eigenvalue weighted by Gasteiger charge is 2.45. The standard InChI is InChI=1S/C14H24N4O5/c1-12(2,3)22-10(20)18(11(21)23-13(4,5)6)14(15)7-8-16-9(19)17-14/h7-8H,15H2,1-6H3,(H2,16,17,19). The molecule has 1 aliphatic heterocycles. The molecule has 0 aromatic heterocycles. The molecule has 9 nitrogen and oxygen atoms in total. The summed E-state index contributed by atoms with van der Waals surface area (Å²) in [7, 11) is 0. The number of urea groups is 1. The average molecular weight is 328 g/mol. The molecule has 0 spiro atoms. The van der Waals surface area contributed by atoms with Crippen molar-refractivity contribution in [2.45, 2.75) is 58.5 Å². The number of nitrogens with zero attached hydrogens (tertiary/aromatic N) is 1. The van der Waals surface area contributed by atoms with Crippen molar-refractivity contribution in [2.75, 3.05) is 0 Å². The minimum Gasteiger partial charge on any atom is -0.443 e. The first-order chi connectivity index (χ1) is 10.2. The number of rotatable bonds is 1. The number of amides is 4. The second-order valence-electron chi connectivity index (χ2n) is 7.05. The largest absolute Gasteiger partial charge is 0.443 e. The van der Waals surface area contributed by atoms with E-state index in [4.69, 9.17) is 15.2 Å². The van der Waals surface area contributed by atoms with Crippen LogP contribution in [0.3, 0.4) is 0 Å². The van der Waals surface area contributed by atoms with Crippen molar-refractivity contribution in [1.82, 2.24) is 15.5 Å². The van der Waals surface area contributed by atoms with Crippen molar-refractivity contribution in [3.63, 3.8) is 0 Å². The van der Waals surface area contributed by atoms with Crippen LogP contribution in [0.5, 0.6) is 0 Å². The fourth-order valence-electron chi connectivity index (χ4n) is 1.63. The Kier molecular flexibility index (Phi) is 4.95. The maximum Gasteiger partial charge on any atom is 0.423 e. The van der Waals surface area contributed by atoms with Crippen molar-refractivity contribution < 1.29 is 23.9 Å². The van der Waals surface area contributed by atoms with Gasteiger partial charge in [0.2, 0.25) is 5.79 Å². The smallest absolute Gasteiger partial charge is 0.423 e. The van der Waals surface area contributed by atoms with Crippen LogP contribution in [0.25, 0.3) is 0 Å². The zero-order chi connectivity index (χ0) is 18.1. The highest BCUT2D eigenvalue weighted by Crippen LogP contribution is 2.20. The average Bonchev–Trinajstić information content (AvgIpc) is 2.21. The van der Waals surface area contributed by atoms with Gasteiger partial charge in [-0.15, -0.1) is 0 Å². The van der Waals surface area contributed by atoms with Crippen LogP contribution in [0.4, 0.5) is 14.4 Å². The van der Waals surface area contributed by atoms with Crippen LogP contribution in [0, 0.1) is 0 Å². The Hall–Kier alpha value is -2.29. The Morgan fingerprint density at radius 3 is 1.87 bits per heavy atom. The van der Waals surface area contributed by atoms with Crippen LogP contribution >= 0.6 is 0 Å². The highest BCUT2D eigenvalue weighted by atomic mass is 16.6. The first kappa shape index (κ1) is 18.8. The number of imide groups is 1. The molecule has 0 bridgehead atoms. The summed E-state index contributed by atoms with van der Waals surface area (Å²) in [6.45, 7) is 9.82. The van der Waals surface area contributed by atoms with Gasteiger partial charge in [0, 0.05) is 6.20 Å². The second kappa shape index (κ2) is 6.07. The van der Waals surface area contributed by atoms with Gasteiger partial charge in [0.15, 0.2) is 0 Å². The predicted molar refractivity (Wildman–Crippen MR) is 82.0 cm³/mol. The van der Waals surface area contributed by atoms with Crippen molar-refractivity contribution in [2.24, 2.45) is 5.73 Å². The minimum atomic E-state index is -1.91. The van der Waals surface area contributed by atoms with Gasteiger partial charge in [-0.2, -0.15) is 4.90 Å². The molecule has 1 heterocycles.